The zero-order chi connectivity index (χ0) is 12.1. The molecule has 0 radical (unpaired) electrons. The zero-order valence-corrected chi connectivity index (χ0v) is 9.85. The Labute approximate surface area is 102 Å². The van der Waals surface area contributed by atoms with E-state index in [1.54, 1.807) is 43.0 Å². The third-order valence-corrected chi connectivity index (χ3v) is 2.77. The molecule has 0 saturated carbocycles. The van der Waals surface area contributed by atoms with Crippen molar-refractivity contribution in [2.24, 2.45) is 5.16 Å². The first-order chi connectivity index (χ1) is 8.27. The van der Waals surface area contributed by atoms with Crippen LogP contribution < -0.4 is 0 Å². The maximum atomic E-state index is 11.5. The van der Waals surface area contributed by atoms with E-state index in [1.165, 1.54) is 11.3 Å². The normalized spacial score (nSPS) is 11.2. The monoisotopic (exact) mass is 247 g/mol. The molecule has 0 N–H and O–H groups in total. The van der Waals surface area contributed by atoms with E-state index in [-0.39, 0.29) is 0 Å². The Kier molecular flexibility index (Phi) is 3.56. The van der Waals surface area contributed by atoms with Gasteiger partial charge in [0.25, 0.3) is 0 Å². The van der Waals surface area contributed by atoms with Crippen molar-refractivity contribution in [2.75, 3.05) is 0 Å². The number of rotatable bonds is 3. The van der Waals surface area contributed by atoms with Gasteiger partial charge in [0.2, 0.25) is 0 Å². The fourth-order valence-electron chi connectivity index (χ4n) is 1.08. The van der Waals surface area contributed by atoms with Crippen molar-refractivity contribution in [3.05, 3.63) is 46.7 Å². The molecule has 0 amide bonds. The molecule has 2 aromatic rings. The van der Waals surface area contributed by atoms with Crippen LogP contribution in [-0.4, -0.2) is 21.6 Å². The standard InChI is InChI=1S/C11H9N3O2S/c1-8(9-7-12-4-5-13-9)14-16-11(15)10-3-2-6-17-10/h2-7H,1H3/b14-8+. The molecule has 17 heavy (non-hydrogen) atoms. The van der Waals surface area contributed by atoms with Gasteiger partial charge in [-0.3, -0.25) is 9.97 Å². The topological polar surface area (TPSA) is 64.4 Å². The number of carbonyl (C=O) groups is 1. The highest BCUT2D eigenvalue weighted by Crippen LogP contribution is 2.10. The lowest BCUT2D eigenvalue weighted by molar-refractivity contribution is 0.0522. The average Bonchev–Trinajstić information content (AvgIpc) is 2.90. The number of oxime groups is 1. The van der Waals surface area contributed by atoms with Crippen LogP contribution in [0.5, 0.6) is 0 Å². The van der Waals surface area contributed by atoms with Crippen LogP contribution in [0, 0.1) is 0 Å². The minimum absolute atomic E-state index is 0.469. The summed E-state index contributed by atoms with van der Waals surface area (Å²) in [5, 5.41) is 5.52. The van der Waals surface area contributed by atoms with Crippen molar-refractivity contribution in [2.45, 2.75) is 6.92 Å². The number of thiophene rings is 1. The molecule has 2 rings (SSSR count). The first kappa shape index (κ1) is 11.4. The van der Waals surface area contributed by atoms with E-state index in [0.29, 0.717) is 16.3 Å². The summed E-state index contributed by atoms with van der Waals surface area (Å²) in [6, 6.07) is 3.46. The summed E-state index contributed by atoms with van der Waals surface area (Å²) in [5.74, 6) is -0.469. The van der Waals surface area contributed by atoms with Gasteiger partial charge >= 0.3 is 5.97 Å². The Hall–Kier alpha value is -2.08. The van der Waals surface area contributed by atoms with Gasteiger partial charge in [-0.25, -0.2) is 4.79 Å². The van der Waals surface area contributed by atoms with Crippen LogP contribution >= 0.6 is 11.3 Å². The quantitative estimate of drug-likeness (QED) is 0.473. The molecule has 0 aromatic carbocycles. The van der Waals surface area contributed by atoms with Crippen molar-refractivity contribution < 1.29 is 9.63 Å². The second-order valence-electron chi connectivity index (χ2n) is 3.12. The largest absolute Gasteiger partial charge is 0.375 e. The lowest BCUT2D eigenvalue weighted by Crippen LogP contribution is -2.03. The van der Waals surface area contributed by atoms with Gasteiger partial charge < -0.3 is 4.84 Å². The number of hydrogen-bond acceptors (Lipinski definition) is 6. The summed E-state index contributed by atoms with van der Waals surface area (Å²) < 4.78 is 0. The molecule has 0 bridgehead atoms. The van der Waals surface area contributed by atoms with Crippen molar-refractivity contribution >= 4 is 23.0 Å². The molecular weight excluding hydrogens is 238 g/mol. The number of aromatic nitrogens is 2. The second kappa shape index (κ2) is 5.31. The summed E-state index contributed by atoms with van der Waals surface area (Å²) in [6.45, 7) is 1.70. The lowest BCUT2D eigenvalue weighted by Gasteiger charge is -1.98. The molecular formula is C11H9N3O2S. The predicted molar refractivity (Wildman–Crippen MR) is 64.0 cm³/mol. The van der Waals surface area contributed by atoms with E-state index >= 15 is 0 Å². The van der Waals surface area contributed by atoms with Crippen molar-refractivity contribution in [3.8, 4) is 0 Å². The molecule has 0 aliphatic rings. The van der Waals surface area contributed by atoms with Gasteiger partial charge in [0, 0.05) is 12.4 Å². The van der Waals surface area contributed by atoms with Crippen molar-refractivity contribution in [1.29, 1.82) is 0 Å². The Morgan fingerprint density at radius 3 is 3.00 bits per heavy atom. The molecule has 0 fully saturated rings. The first-order valence-electron chi connectivity index (χ1n) is 4.83. The van der Waals surface area contributed by atoms with Gasteiger partial charge in [0.05, 0.1) is 6.20 Å². The van der Waals surface area contributed by atoms with Crippen LogP contribution in [0.2, 0.25) is 0 Å². The van der Waals surface area contributed by atoms with Crippen LogP contribution in [0.15, 0.2) is 41.3 Å². The fraction of sp³-hybridized carbons (Fsp3) is 0.0909. The molecule has 2 heterocycles. The van der Waals surface area contributed by atoms with Gasteiger partial charge in [-0.2, -0.15) is 0 Å². The predicted octanol–water partition coefficient (Wildman–Crippen LogP) is 2.12. The highest BCUT2D eigenvalue weighted by molar-refractivity contribution is 7.11. The Balaban J connectivity index is 2.04. The Morgan fingerprint density at radius 2 is 2.35 bits per heavy atom. The molecule has 0 unspecified atom stereocenters. The molecule has 0 saturated heterocycles. The molecule has 0 spiro atoms. The van der Waals surface area contributed by atoms with Gasteiger partial charge in [-0.05, 0) is 18.4 Å². The van der Waals surface area contributed by atoms with Crippen molar-refractivity contribution in [3.63, 3.8) is 0 Å². The van der Waals surface area contributed by atoms with E-state index in [9.17, 15) is 4.79 Å². The second-order valence-corrected chi connectivity index (χ2v) is 4.07. The summed E-state index contributed by atoms with van der Waals surface area (Å²) in [7, 11) is 0. The van der Waals surface area contributed by atoms with E-state index in [4.69, 9.17) is 4.84 Å². The van der Waals surface area contributed by atoms with E-state index in [2.05, 4.69) is 15.1 Å². The highest BCUT2D eigenvalue weighted by atomic mass is 32.1. The number of carbonyl (C=O) groups excluding carboxylic acids is 1. The van der Waals surface area contributed by atoms with Crippen molar-refractivity contribution in [1.82, 2.24) is 9.97 Å². The maximum absolute atomic E-state index is 11.5. The summed E-state index contributed by atoms with van der Waals surface area (Å²) in [4.78, 5) is 24.7. The molecule has 5 nitrogen and oxygen atoms in total. The van der Waals surface area contributed by atoms with E-state index in [1.807, 2.05) is 0 Å². The summed E-state index contributed by atoms with van der Waals surface area (Å²) in [6.07, 6.45) is 4.67. The minimum Gasteiger partial charge on any atom is -0.312 e. The van der Waals surface area contributed by atoms with Crippen LogP contribution in [0.1, 0.15) is 22.3 Å². The summed E-state index contributed by atoms with van der Waals surface area (Å²) >= 11 is 1.31. The minimum atomic E-state index is -0.469. The lowest BCUT2D eigenvalue weighted by atomic mass is 10.3. The van der Waals surface area contributed by atoms with Gasteiger partial charge in [-0.15, -0.1) is 11.3 Å². The first-order valence-corrected chi connectivity index (χ1v) is 5.71. The SMILES string of the molecule is C/C(=N\OC(=O)c1cccs1)c1cnccn1. The fourth-order valence-corrected chi connectivity index (χ4v) is 1.68. The van der Waals surface area contributed by atoms with Crippen LogP contribution in [0.3, 0.4) is 0 Å². The molecule has 86 valence electrons. The Bertz CT molecular complexity index is 523. The Morgan fingerprint density at radius 1 is 1.47 bits per heavy atom. The molecule has 0 aliphatic heterocycles. The molecule has 6 heteroatoms. The van der Waals surface area contributed by atoms with Gasteiger partial charge in [0.1, 0.15) is 16.3 Å². The smallest absolute Gasteiger partial charge is 0.312 e. The van der Waals surface area contributed by atoms with Gasteiger partial charge in [-0.1, -0.05) is 11.2 Å². The average molecular weight is 247 g/mol. The molecule has 2 aromatic heterocycles. The highest BCUT2D eigenvalue weighted by Gasteiger charge is 2.08. The van der Waals surface area contributed by atoms with E-state index in [0.717, 1.165) is 0 Å². The zero-order valence-electron chi connectivity index (χ0n) is 9.03. The molecule has 0 aliphatic carbocycles. The van der Waals surface area contributed by atoms with Crippen LogP contribution in [0.4, 0.5) is 0 Å². The van der Waals surface area contributed by atoms with Crippen LogP contribution in [0.25, 0.3) is 0 Å². The summed E-state index contributed by atoms with van der Waals surface area (Å²) in [5.41, 5.74) is 1.08. The number of nitrogens with zero attached hydrogens (tertiary/aromatic N) is 3. The third kappa shape index (κ3) is 2.94. The van der Waals surface area contributed by atoms with E-state index < -0.39 is 5.97 Å². The van der Waals surface area contributed by atoms with Gasteiger partial charge in [0.15, 0.2) is 0 Å². The van der Waals surface area contributed by atoms with Crippen LogP contribution in [-0.2, 0) is 4.84 Å². The number of hydrogen-bond donors (Lipinski definition) is 0. The molecule has 0 atom stereocenters. The third-order valence-electron chi connectivity index (χ3n) is 1.92. The maximum Gasteiger partial charge on any atom is 0.375 e.